The zero-order valence-electron chi connectivity index (χ0n) is 11.6. The highest BCUT2D eigenvalue weighted by atomic mass is 16.5. The van der Waals surface area contributed by atoms with Crippen molar-refractivity contribution in [3.05, 3.63) is 30.1 Å². The maximum Gasteiger partial charge on any atom is 0.310 e. The van der Waals surface area contributed by atoms with Crippen LogP contribution in [0.4, 0.5) is 0 Å². The summed E-state index contributed by atoms with van der Waals surface area (Å²) in [5.74, 6) is 0.204. The molecule has 1 aromatic heterocycles. The van der Waals surface area contributed by atoms with E-state index < -0.39 is 0 Å². The molecule has 0 amide bonds. The molecule has 0 spiro atoms. The molecule has 0 aromatic carbocycles. The first-order chi connectivity index (χ1) is 8.47. The number of hydrogen-bond acceptors (Lipinski definition) is 4. The number of aliphatic hydroxyl groups is 1. The molecule has 1 N–H and O–H groups in total. The second kappa shape index (κ2) is 9.59. The van der Waals surface area contributed by atoms with Gasteiger partial charge in [-0.3, -0.25) is 9.78 Å². The van der Waals surface area contributed by atoms with Gasteiger partial charge in [0.15, 0.2) is 0 Å². The van der Waals surface area contributed by atoms with Crippen molar-refractivity contribution in [2.75, 3.05) is 6.61 Å². The van der Waals surface area contributed by atoms with Crippen LogP contribution in [0.15, 0.2) is 24.5 Å². The molecule has 102 valence electrons. The molecule has 4 nitrogen and oxygen atoms in total. The Morgan fingerprint density at radius 2 is 2.06 bits per heavy atom. The number of rotatable bonds is 4. The summed E-state index contributed by atoms with van der Waals surface area (Å²) in [7, 11) is 0. The Morgan fingerprint density at radius 3 is 2.44 bits per heavy atom. The molecule has 1 unspecified atom stereocenters. The fourth-order valence-electron chi connectivity index (χ4n) is 0.881. The molecule has 0 saturated heterocycles. The van der Waals surface area contributed by atoms with Crippen LogP contribution in [0.2, 0.25) is 0 Å². The molecule has 1 atom stereocenters. The smallest absolute Gasteiger partial charge is 0.310 e. The van der Waals surface area contributed by atoms with Crippen molar-refractivity contribution in [1.82, 2.24) is 4.98 Å². The number of hydrogen-bond donors (Lipinski definition) is 1. The molecule has 0 aliphatic heterocycles. The highest BCUT2D eigenvalue weighted by molar-refractivity contribution is 5.72. The molecule has 0 bridgehead atoms. The largest absolute Gasteiger partial charge is 0.466 e. The first-order valence-electron chi connectivity index (χ1n) is 6.20. The van der Waals surface area contributed by atoms with Gasteiger partial charge in [0, 0.05) is 12.4 Å². The highest BCUT2D eigenvalue weighted by Gasteiger charge is 2.02. The van der Waals surface area contributed by atoms with Crippen LogP contribution < -0.4 is 0 Å². The molecule has 1 rings (SSSR count). The Morgan fingerprint density at radius 1 is 1.44 bits per heavy atom. The first-order valence-corrected chi connectivity index (χ1v) is 6.20. The molecular formula is C14H23NO3. The summed E-state index contributed by atoms with van der Waals surface area (Å²) in [6.45, 7) is 8.00. The zero-order valence-corrected chi connectivity index (χ0v) is 11.6. The number of carbonyl (C=O) groups is 1. The van der Waals surface area contributed by atoms with Crippen molar-refractivity contribution in [1.29, 1.82) is 0 Å². The number of pyridine rings is 1. The minimum Gasteiger partial charge on any atom is -0.466 e. The topological polar surface area (TPSA) is 59.4 Å². The third-order valence-electron chi connectivity index (χ3n) is 2.34. The van der Waals surface area contributed by atoms with E-state index in [4.69, 9.17) is 9.84 Å². The number of esters is 1. The SMILES string of the molecule is CC(C)C(C)O.CCOC(=O)Cc1cccnc1. The fourth-order valence-corrected chi connectivity index (χ4v) is 0.881. The molecule has 0 radical (unpaired) electrons. The van der Waals surface area contributed by atoms with Crippen LogP contribution in [0.25, 0.3) is 0 Å². The number of ether oxygens (including phenoxy) is 1. The molecule has 18 heavy (non-hydrogen) atoms. The van der Waals surface area contributed by atoms with Gasteiger partial charge in [-0.05, 0) is 31.4 Å². The average molecular weight is 253 g/mol. The van der Waals surface area contributed by atoms with Crippen LogP contribution in [0, 0.1) is 5.92 Å². The molecular weight excluding hydrogens is 230 g/mol. The summed E-state index contributed by atoms with van der Waals surface area (Å²) in [5.41, 5.74) is 0.885. The fraction of sp³-hybridized carbons (Fsp3) is 0.571. The predicted molar refractivity (Wildman–Crippen MR) is 71.1 cm³/mol. The quantitative estimate of drug-likeness (QED) is 0.836. The van der Waals surface area contributed by atoms with Crippen LogP contribution in [0.3, 0.4) is 0 Å². The van der Waals surface area contributed by atoms with Crippen LogP contribution in [0.1, 0.15) is 33.3 Å². The number of nitrogens with zero attached hydrogens (tertiary/aromatic N) is 1. The van der Waals surface area contributed by atoms with Crippen LogP contribution in [-0.2, 0) is 16.0 Å². The van der Waals surface area contributed by atoms with Crippen molar-refractivity contribution in [3.63, 3.8) is 0 Å². The number of carbonyl (C=O) groups excluding carboxylic acids is 1. The second-order valence-corrected chi connectivity index (χ2v) is 4.33. The van der Waals surface area contributed by atoms with Gasteiger partial charge in [0.1, 0.15) is 0 Å². The molecule has 0 aliphatic carbocycles. The molecule has 0 aliphatic rings. The number of aliphatic hydroxyl groups excluding tert-OH is 1. The van der Waals surface area contributed by atoms with Crippen LogP contribution in [0.5, 0.6) is 0 Å². The van der Waals surface area contributed by atoms with Crippen molar-refractivity contribution in [2.45, 2.75) is 40.2 Å². The van der Waals surface area contributed by atoms with Gasteiger partial charge in [-0.2, -0.15) is 0 Å². The summed E-state index contributed by atoms with van der Waals surface area (Å²) in [6.07, 6.45) is 3.50. The summed E-state index contributed by atoms with van der Waals surface area (Å²) >= 11 is 0. The van der Waals surface area contributed by atoms with Crippen molar-refractivity contribution >= 4 is 5.97 Å². The molecule has 1 aromatic rings. The lowest BCUT2D eigenvalue weighted by Gasteiger charge is -2.04. The third-order valence-corrected chi connectivity index (χ3v) is 2.34. The summed E-state index contributed by atoms with van der Waals surface area (Å²) in [6, 6.07) is 3.65. The lowest BCUT2D eigenvalue weighted by Crippen LogP contribution is -2.07. The van der Waals surface area contributed by atoms with Crippen molar-refractivity contribution < 1.29 is 14.6 Å². The lowest BCUT2D eigenvalue weighted by atomic mass is 10.1. The summed E-state index contributed by atoms with van der Waals surface area (Å²) in [5, 5.41) is 8.63. The van der Waals surface area contributed by atoms with E-state index in [1.807, 2.05) is 19.9 Å². The lowest BCUT2D eigenvalue weighted by molar-refractivity contribution is -0.142. The average Bonchev–Trinajstić information content (AvgIpc) is 2.31. The van der Waals surface area contributed by atoms with Crippen molar-refractivity contribution in [3.8, 4) is 0 Å². The maximum atomic E-state index is 11.0. The first kappa shape index (κ1) is 16.6. The molecule has 0 fully saturated rings. The molecule has 0 saturated carbocycles. The Kier molecular flexibility index (Phi) is 8.84. The maximum absolute atomic E-state index is 11.0. The summed E-state index contributed by atoms with van der Waals surface area (Å²) in [4.78, 5) is 14.9. The van der Waals surface area contributed by atoms with Crippen LogP contribution >= 0.6 is 0 Å². The van der Waals surface area contributed by atoms with Gasteiger partial charge in [0.2, 0.25) is 0 Å². The second-order valence-electron chi connectivity index (χ2n) is 4.33. The van der Waals surface area contributed by atoms with Gasteiger partial charge < -0.3 is 9.84 Å². The minimum absolute atomic E-state index is 0.148. The Bertz CT molecular complexity index is 317. The van der Waals surface area contributed by atoms with E-state index in [2.05, 4.69) is 4.98 Å². The highest BCUT2D eigenvalue weighted by Crippen LogP contribution is 1.98. The van der Waals surface area contributed by atoms with E-state index in [9.17, 15) is 4.79 Å². The predicted octanol–water partition coefficient (Wildman–Crippen LogP) is 2.21. The normalized spacial score (nSPS) is 11.4. The van der Waals surface area contributed by atoms with E-state index in [1.165, 1.54) is 0 Å². The number of aromatic nitrogens is 1. The van der Waals surface area contributed by atoms with E-state index in [1.54, 1.807) is 32.3 Å². The molecule has 1 heterocycles. The van der Waals surface area contributed by atoms with Gasteiger partial charge in [0.25, 0.3) is 0 Å². The Balaban J connectivity index is 0.000000411. The van der Waals surface area contributed by atoms with Gasteiger partial charge in [0.05, 0.1) is 19.1 Å². The van der Waals surface area contributed by atoms with E-state index >= 15 is 0 Å². The third kappa shape index (κ3) is 8.70. The Labute approximate surface area is 109 Å². The van der Waals surface area contributed by atoms with Gasteiger partial charge in [-0.1, -0.05) is 19.9 Å². The minimum atomic E-state index is -0.203. The monoisotopic (exact) mass is 253 g/mol. The van der Waals surface area contributed by atoms with Crippen molar-refractivity contribution in [2.24, 2.45) is 5.92 Å². The van der Waals surface area contributed by atoms with E-state index in [0.29, 0.717) is 18.9 Å². The summed E-state index contributed by atoms with van der Waals surface area (Å²) < 4.78 is 4.78. The van der Waals surface area contributed by atoms with E-state index in [-0.39, 0.29) is 12.1 Å². The zero-order chi connectivity index (χ0) is 14.0. The van der Waals surface area contributed by atoms with Crippen LogP contribution in [-0.4, -0.2) is 28.8 Å². The van der Waals surface area contributed by atoms with Gasteiger partial charge in [-0.25, -0.2) is 0 Å². The molecule has 4 heteroatoms. The standard InChI is InChI=1S/C9H11NO2.C5H12O/c1-2-12-9(11)6-8-4-3-5-10-7-8;1-4(2)5(3)6/h3-5,7H,2,6H2,1H3;4-6H,1-3H3. The van der Waals surface area contributed by atoms with Gasteiger partial charge >= 0.3 is 5.97 Å². The van der Waals surface area contributed by atoms with E-state index in [0.717, 1.165) is 5.56 Å². The Hall–Kier alpha value is -1.42. The van der Waals surface area contributed by atoms with Gasteiger partial charge in [-0.15, -0.1) is 0 Å².